The summed E-state index contributed by atoms with van der Waals surface area (Å²) in [5, 5.41) is -1.13. The minimum atomic E-state index is -5.73. The molecule has 0 bridgehead atoms. The van der Waals surface area contributed by atoms with Crippen molar-refractivity contribution in [2.24, 2.45) is 0 Å². The van der Waals surface area contributed by atoms with Crippen LogP contribution in [0.15, 0.2) is 72.8 Å². The van der Waals surface area contributed by atoms with Gasteiger partial charge in [0.15, 0.2) is 0 Å². The number of hydrogen-bond donors (Lipinski definition) is 0. The summed E-state index contributed by atoms with van der Waals surface area (Å²) in [6, 6.07) is 10.4. The van der Waals surface area contributed by atoms with E-state index < -0.39 is 50.1 Å². The molecule has 0 radical (unpaired) electrons. The molecule has 0 spiro atoms. The molecule has 2 nitrogen and oxygen atoms in total. The molecule has 12 heteroatoms. The van der Waals surface area contributed by atoms with E-state index in [2.05, 4.69) is 0 Å². The molecule has 0 N–H and O–H groups in total. The number of halogens is 9. The SMILES string of the molecule is Fc1ccc(P(OCC(F)(F)F)(OCC(F)(F)F)(c2ccc(F)cc2)c2ccc(F)cc2)cc1. The molecule has 3 rings (SSSR count). The van der Waals surface area contributed by atoms with Crippen LogP contribution in [0, 0.1) is 17.5 Å². The van der Waals surface area contributed by atoms with E-state index in [1.54, 1.807) is 0 Å². The first-order valence-corrected chi connectivity index (χ1v) is 11.6. The predicted octanol–water partition coefficient (Wildman–Crippen LogP) is 5.92. The van der Waals surface area contributed by atoms with Gasteiger partial charge in [-0.25, -0.2) is 0 Å². The fraction of sp³-hybridized carbons (Fsp3) is 0.182. The summed E-state index contributed by atoms with van der Waals surface area (Å²) >= 11 is 0. The van der Waals surface area contributed by atoms with Crippen LogP contribution in [0.2, 0.25) is 0 Å². The molecule has 0 atom stereocenters. The molecule has 0 heterocycles. The van der Waals surface area contributed by atoms with Gasteiger partial charge in [0.1, 0.15) is 0 Å². The van der Waals surface area contributed by atoms with E-state index in [0.717, 1.165) is 72.8 Å². The van der Waals surface area contributed by atoms with Gasteiger partial charge >= 0.3 is 187 Å². The van der Waals surface area contributed by atoms with E-state index in [1.807, 2.05) is 0 Å². The van der Waals surface area contributed by atoms with Crippen molar-refractivity contribution in [1.29, 1.82) is 0 Å². The second-order valence-electron chi connectivity index (χ2n) is 7.16. The first-order valence-electron chi connectivity index (χ1n) is 9.49. The quantitative estimate of drug-likeness (QED) is 0.288. The number of hydrogen-bond acceptors (Lipinski definition) is 2. The Labute approximate surface area is 188 Å². The molecule has 3 aromatic carbocycles. The van der Waals surface area contributed by atoms with E-state index in [9.17, 15) is 39.5 Å². The zero-order chi connectivity index (χ0) is 25.2. The van der Waals surface area contributed by atoms with Crippen LogP contribution in [-0.2, 0) is 9.05 Å². The van der Waals surface area contributed by atoms with E-state index in [1.165, 1.54) is 0 Å². The van der Waals surface area contributed by atoms with Gasteiger partial charge in [0.05, 0.1) is 0 Å². The van der Waals surface area contributed by atoms with Crippen molar-refractivity contribution in [3.8, 4) is 0 Å². The Balaban J connectivity index is 2.50. The van der Waals surface area contributed by atoms with Crippen molar-refractivity contribution in [2.45, 2.75) is 12.4 Å². The van der Waals surface area contributed by atoms with Crippen molar-refractivity contribution >= 4 is 23.0 Å². The normalized spacial score (nSPS) is 14.0. The molecule has 0 saturated carbocycles. The Kier molecular flexibility index (Phi) is 7.04. The third-order valence-electron chi connectivity index (χ3n) is 4.84. The average Bonchev–Trinajstić information content (AvgIpc) is 2.75. The molecule has 0 unspecified atom stereocenters. The van der Waals surface area contributed by atoms with Crippen molar-refractivity contribution in [3.63, 3.8) is 0 Å². The third kappa shape index (κ3) is 5.21. The van der Waals surface area contributed by atoms with Gasteiger partial charge < -0.3 is 0 Å². The van der Waals surface area contributed by atoms with Crippen LogP contribution in [-0.4, -0.2) is 25.6 Å². The second kappa shape index (κ2) is 9.20. The summed E-state index contributed by atoms with van der Waals surface area (Å²) in [6.45, 7) is -4.15. The molecule has 0 fully saturated rings. The first kappa shape index (κ1) is 26.0. The average molecular weight is 514 g/mol. The fourth-order valence-electron chi connectivity index (χ4n) is 3.46. The van der Waals surface area contributed by atoms with Gasteiger partial charge in [-0.3, -0.25) is 0 Å². The van der Waals surface area contributed by atoms with Gasteiger partial charge in [-0.05, 0) is 0 Å². The van der Waals surface area contributed by atoms with E-state index in [0.29, 0.717) is 0 Å². The van der Waals surface area contributed by atoms with E-state index in [-0.39, 0.29) is 15.9 Å². The summed E-state index contributed by atoms with van der Waals surface area (Å²) < 4.78 is 132. The third-order valence-corrected chi connectivity index (χ3v) is 9.79. The van der Waals surface area contributed by atoms with Gasteiger partial charge in [-0.15, -0.1) is 0 Å². The van der Waals surface area contributed by atoms with Gasteiger partial charge in [0.2, 0.25) is 0 Å². The second-order valence-corrected chi connectivity index (χ2v) is 11.1. The Hall–Kier alpha value is -2.62. The maximum atomic E-state index is 13.7. The van der Waals surface area contributed by atoms with Crippen molar-refractivity contribution in [1.82, 2.24) is 0 Å². The zero-order valence-electron chi connectivity index (χ0n) is 17.0. The molecular weight excluding hydrogens is 498 g/mol. The Morgan fingerprint density at radius 1 is 0.471 bits per heavy atom. The van der Waals surface area contributed by atoms with E-state index >= 15 is 0 Å². The number of benzene rings is 3. The van der Waals surface area contributed by atoms with Gasteiger partial charge in [-0.1, -0.05) is 0 Å². The minimum absolute atomic E-state index is 0.376. The molecule has 0 aliphatic heterocycles. The zero-order valence-corrected chi connectivity index (χ0v) is 17.9. The summed E-state index contributed by atoms with van der Waals surface area (Å²) in [4.78, 5) is 0. The fourth-order valence-corrected chi connectivity index (χ4v) is 8.18. The van der Waals surface area contributed by atoms with Crippen LogP contribution in [0.3, 0.4) is 0 Å². The Morgan fingerprint density at radius 3 is 0.912 bits per heavy atom. The number of alkyl halides is 6. The van der Waals surface area contributed by atoms with Gasteiger partial charge in [0, 0.05) is 0 Å². The van der Waals surface area contributed by atoms with Crippen molar-refractivity contribution in [2.75, 3.05) is 13.2 Å². The predicted molar refractivity (Wildman–Crippen MR) is 109 cm³/mol. The molecule has 0 aliphatic rings. The van der Waals surface area contributed by atoms with Crippen LogP contribution < -0.4 is 15.9 Å². The molecule has 0 saturated heterocycles. The van der Waals surface area contributed by atoms with Gasteiger partial charge in [-0.2, -0.15) is 0 Å². The molecule has 0 aliphatic carbocycles. The molecule has 3 aromatic rings. The topological polar surface area (TPSA) is 18.5 Å². The first-order chi connectivity index (χ1) is 15.7. The van der Waals surface area contributed by atoms with Crippen molar-refractivity contribution in [3.05, 3.63) is 90.2 Å². The molecule has 184 valence electrons. The summed E-state index contributed by atoms with van der Waals surface area (Å²) in [5.74, 6) is -2.53. The standard InChI is InChI=1S/C22H16F9O2P/c23-15-1-7-18(8-2-15)34(32-13-21(26,27)28,33-14-22(29,30)31,19-9-3-16(24)4-10-19)20-11-5-17(25)6-12-20/h1-12H,13-14H2. The monoisotopic (exact) mass is 514 g/mol. The van der Waals surface area contributed by atoms with Gasteiger partial charge in [0.25, 0.3) is 0 Å². The number of rotatable bonds is 7. The Morgan fingerprint density at radius 2 is 0.706 bits per heavy atom. The van der Waals surface area contributed by atoms with Crippen LogP contribution in [0.4, 0.5) is 39.5 Å². The molecule has 34 heavy (non-hydrogen) atoms. The van der Waals surface area contributed by atoms with Crippen LogP contribution >= 0.6 is 7.06 Å². The van der Waals surface area contributed by atoms with Crippen molar-refractivity contribution < 1.29 is 48.6 Å². The van der Waals surface area contributed by atoms with E-state index in [4.69, 9.17) is 9.05 Å². The summed E-state index contributed by atoms with van der Waals surface area (Å²) in [5.41, 5.74) is 0. The van der Waals surface area contributed by atoms with Crippen LogP contribution in [0.5, 0.6) is 0 Å². The molecule has 0 amide bonds. The summed E-state index contributed by atoms with van der Waals surface area (Å²) in [7, 11) is -5.73. The van der Waals surface area contributed by atoms with Crippen LogP contribution in [0.1, 0.15) is 0 Å². The van der Waals surface area contributed by atoms with Crippen LogP contribution in [0.25, 0.3) is 0 Å². The maximum absolute atomic E-state index is 13.7. The molecule has 0 aromatic heterocycles. The Bertz CT molecular complexity index is 974. The summed E-state index contributed by atoms with van der Waals surface area (Å²) in [6.07, 6.45) is -10.1. The molecular formula is C22H16F9O2P.